The summed E-state index contributed by atoms with van der Waals surface area (Å²) in [6.07, 6.45) is 6.08. The van der Waals surface area contributed by atoms with Crippen LogP contribution in [-0.2, 0) is 6.54 Å². The molecule has 0 aliphatic rings. The number of nitrogens with zero attached hydrogens (tertiary/aromatic N) is 2. The van der Waals surface area contributed by atoms with Gasteiger partial charge in [0.05, 0.1) is 0 Å². The lowest BCUT2D eigenvalue weighted by Crippen LogP contribution is -2.42. The SMILES string of the molecule is CCNC(=NCCCCn1ccccc1=O)NC(C)CCC(C)(C)C. The minimum Gasteiger partial charge on any atom is -0.357 e. The van der Waals surface area contributed by atoms with Crippen LogP contribution in [-0.4, -0.2) is 29.7 Å². The van der Waals surface area contributed by atoms with Gasteiger partial charge in [-0.15, -0.1) is 0 Å². The summed E-state index contributed by atoms with van der Waals surface area (Å²) in [4.78, 5) is 16.3. The van der Waals surface area contributed by atoms with Gasteiger partial charge in [-0.3, -0.25) is 9.79 Å². The summed E-state index contributed by atoms with van der Waals surface area (Å²) in [5.41, 5.74) is 0.426. The van der Waals surface area contributed by atoms with Gasteiger partial charge in [0.1, 0.15) is 0 Å². The van der Waals surface area contributed by atoms with Crippen molar-refractivity contribution >= 4 is 5.96 Å². The number of unbranched alkanes of at least 4 members (excludes halogenated alkanes) is 1. The molecule has 25 heavy (non-hydrogen) atoms. The van der Waals surface area contributed by atoms with Crippen molar-refractivity contribution in [3.8, 4) is 0 Å². The third kappa shape index (κ3) is 9.95. The van der Waals surface area contributed by atoms with Crippen LogP contribution in [0, 0.1) is 5.41 Å². The number of aliphatic imine (C=N–C) groups is 1. The second-order valence-electron chi connectivity index (χ2n) is 7.84. The van der Waals surface area contributed by atoms with E-state index in [9.17, 15) is 4.79 Å². The van der Waals surface area contributed by atoms with Gasteiger partial charge in [-0.25, -0.2) is 0 Å². The fraction of sp³-hybridized carbons (Fsp3) is 0.700. The van der Waals surface area contributed by atoms with E-state index >= 15 is 0 Å². The molecular formula is C20H36N4O. The van der Waals surface area contributed by atoms with Gasteiger partial charge in [0.15, 0.2) is 5.96 Å². The van der Waals surface area contributed by atoms with E-state index in [1.54, 1.807) is 16.7 Å². The predicted octanol–water partition coefficient (Wildman–Crippen LogP) is 3.40. The quantitative estimate of drug-likeness (QED) is 0.408. The van der Waals surface area contributed by atoms with Crippen LogP contribution in [0.2, 0.25) is 0 Å². The van der Waals surface area contributed by atoms with E-state index < -0.39 is 0 Å². The number of nitrogens with one attached hydrogen (secondary N) is 2. The molecule has 0 bridgehead atoms. The van der Waals surface area contributed by atoms with E-state index in [0.29, 0.717) is 11.5 Å². The van der Waals surface area contributed by atoms with E-state index in [1.807, 2.05) is 12.3 Å². The van der Waals surface area contributed by atoms with Crippen LogP contribution in [0.1, 0.15) is 60.3 Å². The van der Waals surface area contributed by atoms with Crippen molar-refractivity contribution in [1.82, 2.24) is 15.2 Å². The van der Waals surface area contributed by atoms with Gasteiger partial charge >= 0.3 is 0 Å². The lowest BCUT2D eigenvalue weighted by Gasteiger charge is -2.23. The fourth-order valence-electron chi connectivity index (χ4n) is 2.51. The van der Waals surface area contributed by atoms with Crippen molar-refractivity contribution in [3.63, 3.8) is 0 Å². The molecule has 1 atom stereocenters. The lowest BCUT2D eigenvalue weighted by atomic mass is 9.89. The Kier molecular flexibility index (Phi) is 9.32. The maximum Gasteiger partial charge on any atom is 0.250 e. The maximum atomic E-state index is 11.6. The summed E-state index contributed by atoms with van der Waals surface area (Å²) >= 11 is 0. The molecular weight excluding hydrogens is 312 g/mol. The predicted molar refractivity (Wildman–Crippen MR) is 107 cm³/mol. The van der Waals surface area contributed by atoms with Crippen LogP contribution in [0.15, 0.2) is 34.2 Å². The first-order chi connectivity index (χ1) is 11.8. The Bertz CT molecular complexity index is 572. The molecule has 1 rings (SSSR count). The Morgan fingerprint density at radius 2 is 2.04 bits per heavy atom. The molecule has 0 fully saturated rings. The first-order valence-corrected chi connectivity index (χ1v) is 9.52. The smallest absolute Gasteiger partial charge is 0.250 e. The van der Waals surface area contributed by atoms with Crippen molar-refractivity contribution in [1.29, 1.82) is 0 Å². The molecule has 2 N–H and O–H groups in total. The molecule has 0 radical (unpaired) electrons. The Morgan fingerprint density at radius 1 is 1.28 bits per heavy atom. The molecule has 0 aliphatic heterocycles. The van der Waals surface area contributed by atoms with Gasteiger partial charge in [-0.05, 0) is 51.0 Å². The molecule has 1 unspecified atom stereocenters. The highest BCUT2D eigenvalue weighted by atomic mass is 16.1. The highest BCUT2D eigenvalue weighted by Crippen LogP contribution is 2.21. The number of aromatic nitrogens is 1. The Labute approximate surface area is 152 Å². The summed E-state index contributed by atoms with van der Waals surface area (Å²) in [7, 11) is 0. The molecule has 0 amide bonds. The molecule has 5 heteroatoms. The van der Waals surface area contributed by atoms with E-state index in [2.05, 4.69) is 50.2 Å². The first kappa shape index (κ1) is 21.3. The summed E-state index contributed by atoms with van der Waals surface area (Å²) in [6, 6.07) is 5.67. The maximum absolute atomic E-state index is 11.6. The van der Waals surface area contributed by atoms with Crippen LogP contribution < -0.4 is 16.2 Å². The second kappa shape index (κ2) is 11.0. The van der Waals surface area contributed by atoms with Gasteiger partial charge in [0.25, 0.3) is 0 Å². The minimum absolute atomic E-state index is 0.0636. The summed E-state index contributed by atoms with van der Waals surface area (Å²) in [5.74, 6) is 0.890. The molecule has 1 heterocycles. The van der Waals surface area contributed by atoms with Crippen LogP contribution in [0.4, 0.5) is 0 Å². The molecule has 142 valence electrons. The number of hydrogen-bond acceptors (Lipinski definition) is 2. The largest absolute Gasteiger partial charge is 0.357 e. The standard InChI is InChI=1S/C20H36N4O/c1-6-21-19(23-17(2)12-13-20(3,4)5)22-14-8-10-16-24-15-9-7-11-18(24)25/h7,9,11,15,17H,6,8,10,12-14,16H2,1-5H3,(H2,21,22,23). The first-order valence-electron chi connectivity index (χ1n) is 9.52. The normalized spacial score (nSPS) is 13.6. The Hall–Kier alpha value is -1.78. The zero-order valence-corrected chi connectivity index (χ0v) is 16.6. The highest BCUT2D eigenvalue weighted by Gasteiger charge is 2.13. The number of aryl methyl sites for hydroxylation is 1. The van der Waals surface area contributed by atoms with E-state index in [1.165, 1.54) is 6.42 Å². The second-order valence-corrected chi connectivity index (χ2v) is 7.84. The van der Waals surface area contributed by atoms with Crippen LogP contribution in [0.5, 0.6) is 0 Å². The van der Waals surface area contributed by atoms with Crippen LogP contribution in [0.25, 0.3) is 0 Å². The molecule has 5 nitrogen and oxygen atoms in total. The van der Waals surface area contributed by atoms with E-state index in [4.69, 9.17) is 0 Å². The van der Waals surface area contributed by atoms with Crippen LogP contribution >= 0.6 is 0 Å². The summed E-state index contributed by atoms with van der Waals surface area (Å²) < 4.78 is 1.75. The average molecular weight is 349 g/mol. The fourth-order valence-corrected chi connectivity index (χ4v) is 2.51. The number of rotatable bonds is 9. The van der Waals surface area contributed by atoms with Crippen molar-refractivity contribution in [2.24, 2.45) is 10.4 Å². The Morgan fingerprint density at radius 3 is 2.68 bits per heavy atom. The van der Waals surface area contributed by atoms with Gasteiger partial charge in [0.2, 0.25) is 5.56 Å². The third-order valence-electron chi connectivity index (χ3n) is 4.03. The molecule has 0 saturated heterocycles. The van der Waals surface area contributed by atoms with Crippen molar-refractivity contribution in [2.45, 2.75) is 72.9 Å². The molecule has 1 aromatic rings. The summed E-state index contributed by atoms with van der Waals surface area (Å²) in [6.45, 7) is 13.5. The third-order valence-corrected chi connectivity index (χ3v) is 4.03. The van der Waals surface area contributed by atoms with Gasteiger partial charge < -0.3 is 15.2 Å². The summed E-state index contributed by atoms with van der Waals surface area (Å²) in [5, 5.41) is 6.80. The van der Waals surface area contributed by atoms with Gasteiger partial charge in [-0.2, -0.15) is 0 Å². The zero-order chi connectivity index (χ0) is 18.7. The number of guanidine groups is 1. The van der Waals surface area contributed by atoms with Crippen molar-refractivity contribution in [3.05, 3.63) is 34.7 Å². The minimum atomic E-state index is 0.0636. The van der Waals surface area contributed by atoms with E-state index in [-0.39, 0.29) is 5.56 Å². The molecule has 0 aromatic carbocycles. The lowest BCUT2D eigenvalue weighted by molar-refractivity contribution is 0.346. The van der Waals surface area contributed by atoms with Crippen LogP contribution in [0.3, 0.4) is 0 Å². The molecule has 1 aromatic heterocycles. The molecule has 0 spiro atoms. The molecule has 0 saturated carbocycles. The van der Waals surface area contributed by atoms with Crippen molar-refractivity contribution < 1.29 is 0 Å². The Balaban J connectivity index is 2.37. The zero-order valence-electron chi connectivity index (χ0n) is 16.6. The van der Waals surface area contributed by atoms with Gasteiger partial charge in [0, 0.05) is 37.9 Å². The van der Waals surface area contributed by atoms with Gasteiger partial charge in [-0.1, -0.05) is 26.8 Å². The topological polar surface area (TPSA) is 58.4 Å². The van der Waals surface area contributed by atoms with Crippen molar-refractivity contribution in [2.75, 3.05) is 13.1 Å². The molecule has 0 aliphatic carbocycles. The highest BCUT2D eigenvalue weighted by molar-refractivity contribution is 5.80. The number of hydrogen-bond donors (Lipinski definition) is 2. The average Bonchev–Trinajstić information content (AvgIpc) is 2.54. The monoisotopic (exact) mass is 348 g/mol. The number of pyridine rings is 1. The van der Waals surface area contributed by atoms with E-state index in [0.717, 1.165) is 44.9 Å².